The fourth-order valence-electron chi connectivity index (χ4n) is 3.10. The van der Waals surface area contributed by atoms with Gasteiger partial charge in [-0.25, -0.2) is 9.78 Å². The molecule has 0 spiro atoms. The minimum Gasteiger partial charge on any atom is -0.334 e. The molecule has 5 nitrogen and oxygen atoms in total. The standard InChI is InChI=1S/C22H20N4O.C2H6/c1-16-13-19(7-8-20(16)18-5-3-2-4-6-18)25-22(27)24-15-17-9-11-26-12-10-23-21(26)14-17;1-2/h2-14H,15H2,1H3,(H2,24,25,27);1-2H3. The molecule has 2 aromatic carbocycles. The zero-order valence-electron chi connectivity index (χ0n) is 17.0. The quantitative estimate of drug-likeness (QED) is 0.476. The second-order valence-electron chi connectivity index (χ2n) is 6.43. The summed E-state index contributed by atoms with van der Waals surface area (Å²) in [6.45, 7) is 6.49. The summed E-state index contributed by atoms with van der Waals surface area (Å²) >= 11 is 0. The second kappa shape index (κ2) is 9.55. The third-order valence-corrected chi connectivity index (χ3v) is 4.48. The minimum absolute atomic E-state index is 0.231. The third-order valence-electron chi connectivity index (χ3n) is 4.48. The van der Waals surface area contributed by atoms with Crippen LogP contribution in [0.1, 0.15) is 25.0 Å². The topological polar surface area (TPSA) is 58.4 Å². The van der Waals surface area contributed by atoms with E-state index < -0.39 is 0 Å². The molecule has 2 amide bonds. The molecule has 2 aromatic heterocycles. The maximum absolute atomic E-state index is 12.2. The Labute approximate surface area is 171 Å². The van der Waals surface area contributed by atoms with Gasteiger partial charge in [-0.15, -0.1) is 0 Å². The Hall–Kier alpha value is -3.60. The lowest BCUT2D eigenvalue weighted by Gasteiger charge is -2.11. The number of fused-ring (bicyclic) bond motifs is 1. The van der Waals surface area contributed by atoms with Crippen LogP contribution in [0, 0.1) is 6.92 Å². The first-order chi connectivity index (χ1) is 14.2. The molecule has 5 heteroatoms. The number of aryl methyl sites for hydroxylation is 1. The molecule has 2 heterocycles. The number of urea groups is 1. The number of rotatable bonds is 4. The number of aromatic nitrogens is 2. The zero-order valence-corrected chi connectivity index (χ0v) is 17.0. The summed E-state index contributed by atoms with van der Waals surface area (Å²) in [4.78, 5) is 16.5. The molecular weight excluding hydrogens is 360 g/mol. The van der Waals surface area contributed by atoms with Crippen LogP contribution in [0.5, 0.6) is 0 Å². The Bertz CT molecular complexity index is 1090. The normalized spacial score (nSPS) is 10.2. The highest BCUT2D eigenvalue weighted by molar-refractivity contribution is 5.89. The molecule has 148 valence electrons. The largest absolute Gasteiger partial charge is 0.334 e. The van der Waals surface area contributed by atoms with Crippen LogP contribution in [-0.2, 0) is 6.54 Å². The predicted octanol–water partition coefficient (Wildman–Crippen LogP) is 5.66. The number of imidazole rings is 1. The lowest BCUT2D eigenvalue weighted by Crippen LogP contribution is -2.28. The first kappa shape index (κ1) is 20.1. The van der Waals surface area contributed by atoms with Crippen LogP contribution >= 0.6 is 0 Å². The van der Waals surface area contributed by atoms with Crippen LogP contribution in [0.3, 0.4) is 0 Å². The monoisotopic (exact) mass is 386 g/mol. The molecule has 0 aliphatic heterocycles. The Kier molecular flexibility index (Phi) is 6.63. The zero-order chi connectivity index (χ0) is 20.6. The summed E-state index contributed by atoms with van der Waals surface area (Å²) < 4.78 is 1.93. The molecule has 2 N–H and O–H groups in total. The second-order valence-corrected chi connectivity index (χ2v) is 6.43. The van der Waals surface area contributed by atoms with Gasteiger partial charge >= 0.3 is 6.03 Å². The summed E-state index contributed by atoms with van der Waals surface area (Å²) in [5.41, 5.74) is 6.08. The Morgan fingerprint density at radius 2 is 1.79 bits per heavy atom. The molecule has 4 aromatic rings. The van der Waals surface area contributed by atoms with Crippen molar-refractivity contribution in [1.82, 2.24) is 14.7 Å². The molecule has 0 bridgehead atoms. The van der Waals surface area contributed by atoms with Crippen LogP contribution in [0.2, 0.25) is 0 Å². The van der Waals surface area contributed by atoms with Crippen molar-refractivity contribution < 1.29 is 4.79 Å². The number of pyridine rings is 1. The number of carbonyl (C=O) groups is 1. The van der Waals surface area contributed by atoms with E-state index in [9.17, 15) is 4.79 Å². The van der Waals surface area contributed by atoms with Crippen molar-refractivity contribution in [2.75, 3.05) is 5.32 Å². The Balaban J connectivity index is 0.00000117. The smallest absolute Gasteiger partial charge is 0.319 e. The number of nitrogens with one attached hydrogen (secondary N) is 2. The first-order valence-corrected chi connectivity index (χ1v) is 9.81. The van der Waals surface area contributed by atoms with Crippen molar-refractivity contribution in [2.24, 2.45) is 0 Å². The van der Waals surface area contributed by atoms with Crippen molar-refractivity contribution in [2.45, 2.75) is 27.3 Å². The molecule has 29 heavy (non-hydrogen) atoms. The number of anilines is 1. The molecular formula is C24H26N4O. The van der Waals surface area contributed by atoms with E-state index in [0.29, 0.717) is 6.54 Å². The fourth-order valence-corrected chi connectivity index (χ4v) is 3.10. The number of hydrogen-bond acceptors (Lipinski definition) is 2. The minimum atomic E-state index is -0.231. The highest BCUT2D eigenvalue weighted by Gasteiger charge is 2.06. The van der Waals surface area contributed by atoms with Gasteiger partial charge in [0.1, 0.15) is 5.65 Å². The van der Waals surface area contributed by atoms with Gasteiger partial charge in [-0.1, -0.05) is 50.2 Å². The molecule has 4 rings (SSSR count). The number of hydrogen-bond donors (Lipinski definition) is 2. The van der Waals surface area contributed by atoms with E-state index in [4.69, 9.17) is 0 Å². The van der Waals surface area contributed by atoms with Gasteiger partial charge in [0.15, 0.2) is 0 Å². The average Bonchev–Trinajstić information content (AvgIpc) is 3.22. The highest BCUT2D eigenvalue weighted by Crippen LogP contribution is 2.25. The van der Waals surface area contributed by atoms with Crippen molar-refractivity contribution in [1.29, 1.82) is 0 Å². The molecule has 0 unspecified atom stereocenters. The van der Waals surface area contributed by atoms with Crippen LogP contribution in [0.15, 0.2) is 79.3 Å². The molecule has 0 saturated carbocycles. The summed E-state index contributed by atoms with van der Waals surface area (Å²) in [6, 6.07) is 19.8. The van der Waals surface area contributed by atoms with Crippen molar-refractivity contribution in [3.63, 3.8) is 0 Å². The maximum atomic E-state index is 12.2. The van der Waals surface area contributed by atoms with Crippen molar-refractivity contribution >= 4 is 17.4 Å². The van der Waals surface area contributed by atoms with Crippen molar-refractivity contribution in [3.8, 4) is 11.1 Å². The lowest BCUT2D eigenvalue weighted by atomic mass is 10.0. The molecule has 0 saturated heterocycles. The van der Waals surface area contributed by atoms with Gasteiger partial charge < -0.3 is 15.0 Å². The van der Waals surface area contributed by atoms with Crippen molar-refractivity contribution in [3.05, 3.63) is 90.4 Å². The molecule has 0 aliphatic rings. The fraction of sp³-hybridized carbons (Fsp3) is 0.167. The molecule has 0 aliphatic carbocycles. The van der Waals surface area contributed by atoms with E-state index in [2.05, 4.69) is 27.8 Å². The molecule has 0 fully saturated rings. The number of benzene rings is 2. The van der Waals surface area contributed by atoms with Gasteiger partial charge in [-0.3, -0.25) is 0 Å². The van der Waals surface area contributed by atoms with Gasteiger partial charge in [-0.05, 0) is 53.4 Å². The highest BCUT2D eigenvalue weighted by atomic mass is 16.2. The summed E-state index contributed by atoms with van der Waals surface area (Å²) in [5.74, 6) is 0. The van der Waals surface area contributed by atoms with Gasteiger partial charge in [0.25, 0.3) is 0 Å². The van der Waals surface area contributed by atoms with Gasteiger partial charge in [0.05, 0.1) is 0 Å². The van der Waals surface area contributed by atoms with E-state index in [1.165, 1.54) is 5.56 Å². The van der Waals surface area contributed by atoms with Gasteiger partial charge in [0, 0.05) is 30.8 Å². The van der Waals surface area contributed by atoms with Crippen LogP contribution in [-0.4, -0.2) is 15.4 Å². The first-order valence-electron chi connectivity index (χ1n) is 9.81. The third kappa shape index (κ3) is 5.02. The van der Waals surface area contributed by atoms with Gasteiger partial charge in [0.2, 0.25) is 0 Å². The molecule has 0 radical (unpaired) electrons. The predicted molar refractivity (Wildman–Crippen MR) is 119 cm³/mol. The Morgan fingerprint density at radius 1 is 1.00 bits per heavy atom. The summed E-state index contributed by atoms with van der Waals surface area (Å²) in [5, 5.41) is 5.78. The number of amides is 2. The average molecular weight is 386 g/mol. The van der Waals surface area contributed by atoms with E-state index in [0.717, 1.165) is 28.0 Å². The Morgan fingerprint density at radius 3 is 2.55 bits per heavy atom. The van der Waals surface area contributed by atoms with Crippen LogP contribution in [0.4, 0.5) is 10.5 Å². The maximum Gasteiger partial charge on any atom is 0.319 e. The van der Waals surface area contributed by atoms with Crippen LogP contribution in [0.25, 0.3) is 16.8 Å². The van der Waals surface area contributed by atoms with E-state index in [1.807, 2.05) is 86.1 Å². The SMILES string of the molecule is CC.Cc1cc(NC(=O)NCc2ccn3ccnc3c2)ccc1-c1ccccc1. The number of nitrogens with zero attached hydrogens (tertiary/aromatic N) is 2. The summed E-state index contributed by atoms with van der Waals surface area (Å²) in [6.07, 6.45) is 5.57. The lowest BCUT2D eigenvalue weighted by molar-refractivity contribution is 0.251. The van der Waals surface area contributed by atoms with Gasteiger partial charge in [-0.2, -0.15) is 0 Å². The van der Waals surface area contributed by atoms with E-state index in [1.54, 1.807) is 6.20 Å². The van der Waals surface area contributed by atoms with E-state index in [-0.39, 0.29) is 6.03 Å². The van der Waals surface area contributed by atoms with Crippen LogP contribution < -0.4 is 10.6 Å². The summed E-state index contributed by atoms with van der Waals surface area (Å²) in [7, 11) is 0. The number of carbonyl (C=O) groups excluding carboxylic acids is 1. The van der Waals surface area contributed by atoms with E-state index >= 15 is 0 Å². The molecule has 0 atom stereocenters.